The van der Waals surface area contributed by atoms with Crippen molar-refractivity contribution >= 4 is 18.0 Å². The molecule has 1 atom stereocenters. The first-order chi connectivity index (χ1) is 10.1. The second-order valence-corrected chi connectivity index (χ2v) is 4.65. The summed E-state index contributed by atoms with van der Waals surface area (Å²) >= 11 is 0. The van der Waals surface area contributed by atoms with Gasteiger partial charge in [0.1, 0.15) is 19.2 Å². The number of nitrogens with one attached hydrogen (secondary N) is 1. The van der Waals surface area contributed by atoms with Gasteiger partial charge in [0.15, 0.2) is 0 Å². The lowest BCUT2D eigenvalue weighted by molar-refractivity contribution is -0.156. The molecule has 0 bridgehead atoms. The Morgan fingerprint density at radius 3 is 2.57 bits per heavy atom. The van der Waals surface area contributed by atoms with E-state index in [-0.39, 0.29) is 13.2 Å². The number of carboxylic acids is 1. The molecule has 1 aromatic carbocycles. The predicted molar refractivity (Wildman–Crippen MR) is 72.4 cm³/mol. The number of alkyl carbamates (subject to hydrolysis) is 1. The van der Waals surface area contributed by atoms with Crippen molar-refractivity contribution in [1.29, 1.82) is 0 Å². The molecule has 0 unspecified atom stereocenters. The molecule has 1 aliphatic heterocycles. The van der Waals surface area contributed by atoms with Crippen molar-refractivity contribution in [2.24, 2.45) is 0 Å². The first-order valence-corrected chi connectivity index (χ1v) is 6.55. The zero-order valence-corrected chi connectivity index (χ0v) is 11.3. The van der Waals surface area contributed by atoms with Crippen LogP contribution in [0.4, 0.5) is 4.79 Å². The summed E-state index contributed by atoms with van der Waals surface area (Å²) in [6.07, 6.45) is -0.265. The predicted octanol–water partition coefficient (Wildman–Crippen LogP) is 0.598. The third-order valence-corrected chi connectivity index (χ3v) is 3.22. The molecule has 2 rings (SSSR count). The van der Waals surface area contributed by atoms with Crippen molar-refractivity contribution in [3.63, 3.8) is 0 Å². The minimum absolute atomic E-state index is 0.113. The molecule has 1 fully saturated rings. The number of hydrogen-bond acceptors (Lipinski definition) is 4. The Morgan fingerprint density at radius 1 is 1.29 bits per heavy atom. The molecule has 2 N–H and O–H groups in total. The fourth-order valence-corrected chi connectivity index (χ4v) is 1.97. The molecule has 0 aromatic heterocycles. The number of hydrogen-bond donors (Lipinski definition) is 2. The lowest BCUT2D eigenvalue weighted by Gasteiger charge is -2.37. The lowest BCUT2D eigenvalue weighted by Crippen LogP contribution is -2.57. The molecule has 7 nitrogen and oxygen atoms in total. The maximum Gasteiger partial charge on any atom is 0.407 e. The number of aliphatic carboxylic acids is 1. The van der Waals surface area contributed by atoms with E-state index in [2.05, 4.69) is 5.32 Å². The molecule has 1 aromatic rings. The van der Waals surface area contributed by atoms with Crippen molar-refractivity contribution < 1.29 is 24.2 Å². The number of carbonyl (C=O) groups excluding carboxylic acids is 2. The van der Waals surface area contributed by atoms with E-state index >= 15 is 0 Å². The van der Waals surface area contributed by atoms with Crippen molar-refractivity contribution in [1.82, 2.24) is 10.2 Å². The zero-order chi connectivity index (χ0) is 15.2. The maximum absolute atomic E-state index is 11.7. The number of nitrogens with zero attached hydrogens (tertiary/aromatic N) is 1. The van der Waals surface area contributed by atoms with Crippen LogP contribution in [-0.4, -0.2) is 47.1 Å². The van der Waals surface area contributed by atoms with Gasteiger partial charge in [-0.1, -0.05) is 30.3 Å². The standard InChI is InChI=1S/C14H16N2O5/c17-12(16-7-6-11(16)13(18)19)8-15-14(20)21-9-10-4-2-1-3-5-10/h1-5,11H,6-9H2,(H,15,20)(H,18,19)/t11-/m0/s1. The summed E-state index contributed by atoms with van der Waals surface area (Å²) in [5, 5.41) is 11.2. The van der Waals surface area contributed by atoms with Gasteiger partial charge in [0.05, 0.1) is 0 Å². The normalized spacial score (nSPS) is 16.8. The highest BCUT2D eigenvalue weighted by molar-refractivity contribution is 5.88. The van der Waals surface area contributed by atoms with E-state index in [4.69, 9.17) is 9.84 Å². The zero-order valence-electron chi connectivity index (χ0n) is 11.3. The van der Waals surface area contributed by atoms with E-state index in [9.17, 15) is 14.4 Å². The highest BCUT2D eigenvalue weighted by atomic mass is 16.5. The van der Waals surface area contributed by atoms with Crippen LogP contribution in [0.2, 0.25) is 0 Å². The summed E-state index contributed by atoms with van der Waals surface area (Å²) in [5.41, 5.74) is 0.840. The summed E-state index contributed by atoms with van der Waals surface area (Å²) in [7, 11) is 0. The molecular weight excluding hydrogens is 276 g/mol. The van der Waals surface area contributed by atoms with Gasteiger partial charge in [-0.3, -0.25) is 4.79 Å². The van der Waals surface area contributed by atoms with Crippen LogP contribution in [0.1, 0.15) is 12.0 Å². The minimum atomic E-state index is -1.03. The number of benzene rings is 1. The summed E-state index contributed by atoms with van der Waals surface area (Å²) in [6, 6.07) is 8.37. The van der Waals surface area contributed by atoms with Crippen LogP contribution in [0.15, 0.2) is 30.3 Å². The third kappa shape index (κ3) is 3.95. The van der Waals surface area contributed by atoms with Crippen molar-refractivity contribution in [3.8, 4) is 0 Å². The largest absolute Gasteiger partial charge is 0.480 e. The Bertz CT molecular complexity index is 531. The Hall–Kier alpha value is -2.57. The average Bonchev–Trinajstić information content (AvgIpc) is 2.42. The number of carboxylic acid groups (broad SMARTS) is 1. The second-order valence-electron chi connectivity index (χ2n) is 4.65. The topological polar surface area (TPSA) is 95.9 Å². The third-order valence-electron chi connectivity index (χ3n) is 3.22. The van der Waals surface area contributed by atoms with Gasteiger partial charge in [-0.05, 0) is 12.0 Å². The summed E-state index contributed by atoms with van der Waals surface area (Å²) in [6.45, 7) is 0.246. The SMILES string of the molecule is O=C(NCC(=O)N1CC[C@H]1C(=O)O)OCc1ccccc1. The molecule has 1 aliphatic rings. The Labute approximate surface area is 121 Å². The molecule has 1 saturated heterocycles. The van der Waals surface area contributed by atoms with Crippen LogP contribution in [-0.2, 0) is 20.9 Å². The van der Waals surface area contributed by atoms with E-state index in [1.807, 2.05) is 30.3 Å². The molecule has 0 radical (unpaired) electrons. The smallest absolute Gasteiger partial charge is 0.407 e. The van der Waals surface area contributed by atoms with Crippen LogP contribution in [0.25, 0.3) is 0 Å². The molecule has 7 heteroatoms. The lowest BCUT2D eigenvalue weighted by atomic mass is 10.0. The average molecular weight is 292 g/mol. The monoisotopic (exact) mass is 292 g/mol. The van der Waals surface area contributed by atoms with Crippen LogP contribution in [0, 0.1) is 0 Å². The van der Waals surface area contributed by atoms with E-state index in [1.165, 1.54) is 4.90 Å². The van der Waals surface area contributed by atoms with E-state index < -0.39 is 24.0 Å². The van der Waals surface area contributed by atoms with Crippen LogP contribution in [0.5, 0.6) is 0 Å². The molecule has 112 valence electrons. The molecule has 21 heavy (non-hydrogen) atoms. The minimum Gasteiger partial charge on any atom is -0.480 e. The van der Waals surface area contributed by atoms with Gasteiger partial charge < -0.3 is 20.1 Å². The molecule has 0 spiro atoms. The van der Waals surface area contributed by atoms with Crippen molar-refractivity contribution in [3.05, 3.63) is 35.9 Å². The number of ether oxygens (including phenoxy) is 1. The fraction of sp³-hybridized carbons (Fsp3) is 0.357. The molecular formula is C14H16N2O5. The number of amides is 2. The first-order valence-electron chi connectivity index (χ1n) is 6.55. The van der Waals surface area contributed by atoms with Gasteiger partial charge in [0.2, 0.25) is 5.91 Å². The Balaban J connectivity index is 1.69. The molecule has 1 heterocycles. The highest BCUT2D eigenvalue weighted by Crippen LogP contribution is 2.17. The number of rotatable bonds is 5. The van der Waals surface area contributed by atoms with E-state index in [0.29, 0.717) is 13.0 Å². The Kier molecular flexibility index (Phi) is 4.76. The van der Waals surface area contributed by atoms with Gasteiger partial charge in [-0.25, -0.2) is 9.59 Å². The summed E-state index contributed by atoms with van der Waals surface area (Å²) in [4.78, 5) is 35.2. The molecule has 0 aliphatic carbocycles. The molecule has 0 saturated carbocycles. The Morgan fingerprint density at radius 2 is 2.00 bits per heavy atom. The van der Waals surface area contributed by atoms with Crippen molar-refractivity contribution in [2.45, 2.75) is 19.1 Å². The van der Waals surface area contributed by atoms with Crippen molar-refractivity contribution in [2.75, 3.05) is 13.1 Å². The van der Waals surface area contributed by atoms with Gasteiger partial charge in [0, 0.05) is 6.54 Å². The molecule has 2 amide bonds. The van der Waals surface area contributed by atoms with E-state index in [1.54, 1.807) is 0 Å². The maximum atomic E-state index is 11.7. The second kappa shape index (κ2) is 6.74. The van der Waals surface area contributed by atoms with Crippen LogP contribution in [0.3, 0.4) is 0 Å². The van der Waals surface area contributed by atoms with Gasteiger partial charge in [-0.15, -0.1) is 0 Å². The van der Waals surface area contributed by atoms with Crippen LogP contribution < -0.4 is 5.32 Å². The first kappa shape index (κ1) is 14.8. The number of likely N-dealkylation sites (tertiary alicyclic amines) is 1. The summed E-state index contributed by atoms with van der Waals surface area (Å²) in [5.74, 6) is -1.45. The summed E-state index contributed by atoms with van der Waals surface area (Å²) < 4.78 is 4.95. The van der Waals surface area contributed by atoms with Crippen LogP contribution >= 0.6 is 0 Å². The number of carbonyl (C=O) groups is 3. The quantitative estimate of drug-likeness (QED) is 0.828. The van der Waals surface area contributed by atoms with E-state index in [0.717, 1.165) is 5.56 Å². The van der Waals surface area contributed by atoms with Gasteiger partial charge >= 0.3 is 12.1 Å². The fourth-order valence-electron chi connectivity index (χ4n) is 1.97. The van der Waals surface area contributed by atoms with Gasteiger partial charge in [-0.2, -0.15) is 0 Å². The highest BCUT2D eigenvalue weighted by Gasteiger charge is 2.37. The van der Waals surface area contributed by atoms with Gasteiger partial charge in [0.25, 0.3) is 0 Å².